The van der Waals surface area contributed by atoms with Crippen molar-refractivity contribution in [3.63, 3.8) is 0 Å². The fourth-order valence-electron chi connectivity index (χ4n) is 2.87. The summed E-state index contributed by atoms with van der Waals surface area (Å²) in [6, 6.07) is 7.55. The largest absolute Gasteiger partial charge is 0.493 e. The third-order valence-electron chi connectivity index (χ3n) is 4.05. The van der Waals surface area contributed by atoms with Crippen LogP contribution in [0.4, 0.5) is 0 Å². The van der Waals surface area contributed by atoms with Crippen LogP contribution in [0.1, 0.15) is 6.92 Å². The average Bonchev–Trinajstić information content (AvgIpc) is 2.66. The maximum atomic E-state index is 5.75. The summed E-state index contributed by atoms with van der Waals surface area (Å²) in [6.07, 6.45) is 0. The van der Waals surface area contributed by atoms with Crippen LogP contribution in [0.5, 0.6) is 28.9 Å². The number of benzene rings is 2. The Hall–Kier alpha value is -2.89. The number of hydrogen-bond donors (Lipinski definition) is 0. The van der Waals surface area contributed by atoms with Gasteiger partial charge in [0, 0.05) is 22.2 Å². The number of hydrogen-bond acceptors (Lipinski definition) is 6. The summed E-state index contributed by atoms with van der Waals surface area (Å²) in [5.41, 5.74) is 0.751. The average molecular weight is 343 g/mol. The van der Waals surface area contributed by atoms with E-state index in [9.17, 15) is 0 Å². The van der Waals surface area contributed by atoms with Gasteiger partial charge in [0.15, 0.2) is 23.0 Å². The second kappa shape index (κ2) is 6.93. The Morgan fingerprint density at radius 1 is 0.680 bits per heavy atom. The monoisotopic (exact) mass is 343 g/mol. The number of nitrogens with zero attached hydrogens (tertiary/aromatic N) is 1. The van der Waals surface area contributed by atoms with E-state index < -0.39 is 0 Å². The number of pyridine rings is 1. The topological polar surface area (TPSA) is 59.0 Å². The van der Waals surface area contributed by atoms with Crippen LogP contribution in [0.25, 0.3) is 21.7 Å². The van der Waals surface area contributed by atoms with E-state index in [2.05, 4.69) is 4.98 Å². The van der Waals surface area contributed by atoms with Crippen molar-refractivity contribution < 1.29 is 23.7 Å². The van der Waals surface area contributed by atoms with E-state index in [0.717, 1.165) is 21.7 Å². The predicted octanol–water partition coefficient (Wildman–Crippen LogP) is 3.82. The standard InChI is InChI=1S/C19H21NO5/c1-6-25-19-13-9-17(23-4)15(21-2)7-11(13)12-8-16(22-3)18(24-5)10-14(12)20-19/h7-10H,6H2,1-5H3. The zero-order chi connectivity index (χ0) is 18.0. The molecule has 6 heteroatoms. The molecule has 0 aliphatic rings. The zero-order valence-corrected chi connectivity index (χ0v) is 15.0. The molecule has 0 aliphatic heterocycles. The minimum absolute atomic E-state index is 0.509. The molecule has 0 unspecified atom stereocenters. The molecule has 0 amide bonds. The van der Waals surface area contributed by atoms with E-state index in [4.69, 9.17) is 23.7 Å². The molecule has 25 heavy (non-hydrogen) atoms. The molecule has 1 heterocycles. The highest BCUT2D eigenvalue weighted by Crippen LogP contribution is 2.41. The quantitative estimate of drug-likeness (QED) is 0.634. The number of aromatic nitrogens is 1. The summed E-state index contributed by atoms with van der Waals surface area (Å²) in [6.45, 7) is 2.43. The summed E-state index contributed by atoms with van der Waals surface area (Å²) in [4.78, 5) is 4.65. The van der Waals surface area contributed by atoms with Gasteiger partial charge in [-0.2, -0.15) is 0 Å². The predicted molar refractivity (Wildman–Crippen MR) is 96.6 cm³/mol. The molecular formula is C19H21NO5. The lowest BCUT2D eigenvalue weighted by Crippen LogP contribution is -1.99. The lowest BCUT2D eigenvalue weighted by atomic mass is 10.0. The molecule has 3 aromatic rings. The normalized spacial score (nSPS) is 10.8. The van der Waals surface area contributed by atoms with E-state index in [1.54, 1.807) is 28.4 Å². The number of ether oxygens (including phenoxy) is 5. The van der Waals surface area contributed by atoms with Crippen molar-refractivity contribution in [2.75, 3.05) is 35.0 Å². The van der Waals surface area contributed by atoms with Gasteiger partial charge in [0.2, 0.25) is 5.88 Å². The first-order valence-electron chi connectivity index (χ1n) is 7.91. The highest BCUT2D eigenvalue weighted by molar-refractivity contribution is 6.09. The molecule has 6 nitrogen and oxygen atoms in total. The van der Waals surface area contributed by atoms with Crippen molar-refractivity contribution in [3.05, 3.63) is 24.3 Å². The van der Waals surface area contributed by atoms with Crippen LogP contribution in [0.15, 0.2) is 24.3 Å². The van der Waals surface area contributed by atoms with E-state index in [1.807, 2.05) is 31.2 Å². The smallest absolute Gasteiger partial charge is 0.222 e. The Bertz CT molecular complexity index is 923. The SMILES string of the molecule is CCOc1nc2cc(OC)c(OC)cc2c2cc(OC)c(OC)cc12. The fourth-order valence-corrected chi connectivity index (χ4v) is 2.87. The fraction of sp³-hybridized carbons (Fsp3) is 0.316. The van der Waals surface area contributed by atoms with Gasteiger partial charge in [-0.1, -0.05) is 0 Å². The maximum absolute atomic E-state index is 5.75. The summed E-state index contributed by atoms with van der Waals surface area (Å²) in [5, 5.41) is 2.70. The van der Waals surface area contributed by atoms with Gasteiger partial charge in [0.25, 0.3) is 0 Å². The summed E-state index contributed by atoms with van der Waals surface area (Å²) < 4.78 is 27.4. The Kier molecular flexibility index (Phi) is 4.70. The molecule has 0 aliphatic carbocycles. The van der Waals surface area contributed by atoms with Gasteiger partial charge in [-0.25, -0.2) is 4.98 Å². The molecule has 2 aromatic carbocycles. The van der Waals surface area contributed by atoms with Crippen molar-refractivity contribution in [2.45, 2.75) is 6.92 Å². The molecule has 132 valence electrons. The first-order valence-corrected chi connectivity index (χ1v) is 7.91. The van der Waals surface area contributed by atoms with E-state index >= 15 is 0 Å². The van der Waals surface area contributed by atoms with Crippen LogP contribution in [-0.2, 0) is 0 Å². The molecule has 0 N–H and O–H groups in total. The van der Waals surface area contributed by atoms with Gasteiger partial charge in [0.05, 0.1) is 40.6 Å². The molecule has 3 rings (SSSR count). The minimum Gasteiger partial charge on any atom is -0.493 e. The number of rotatable bonds is 6. The van der Waals surface area contributed by atoms with Crippen LogP contribution in [0, 0.1) is 0 Å². The maximum Gasteiger partial charge on any atom is 0.222 e. The third kappa shape index (κ3) is 2.84. The van der Waals surface area contributed by atoms with Gasteiger partial charge in [-0.3, -0.25) is 0 Å². The molecule has 0 saturated heterocycles. The molecule has 0 atom stereocenters. The lowest BCUT2D eigenvalue weighted by Gasteiger charge is -2.15. The summed E-state index contributed by atoms with van der Waals surface area (Å²) in [7, 11) is 6.42. The second-order valence-electron chi connectivity index (χ2n) is 5.33. The molecular weight excluding hydrogens is 322 g/mol. The van der Waals surface area contributed by atoms with Gasteiger partial charge in [-0.05, 0) is 25.1 Å². The first kappa shape index (κ1) is 17.0. The van der Waals surface area contributed by atoms with Gasteiger partial charge >= 0.3 is 0 Å². The minimum atomic E-state index is 0.509. The van der Waals surface area contributed by atoms with Crippen LogP contribution in [0.2, 0.25) is 0 Å². The van der Waals surface area contributed by atoms with Crippen molar-refractivity contribution in [1.29, 1.82) is 0 Å². The first-order chi connectivity index (χ1) is 12.2. The molecule has 0 fully saturated rings. The highest BCUT2D eigenvalue weighted by Gasteiger charge is 2.17. The van der Waals surface area contributed by atoms with Gasteiger partial charge in [0.1, 0.15) is 0 Å². The van der Waals surface area contributed by atoms with Crippen molar-refractivity contribution in [3.8, 4) is 28.9 Å². The van der Waals surface area contributed by atoms with Crippen LogP contribution >= 0.6 is 0 Å². The number of fused-ring (bicyclic) bond motifs is 3. The van der Waals surface area contributed by atoms with Crippen LogP contribution < -0.4 is 23.7 Å². The Morgan fingerprint density at radius 2 is 1.16 bits per heavy atom. The van der Waals surface area contributed by atoms with Crippen molar-refractivity contribution >= 4 is 21.7 Å². The van der Waals surface area contributed by atoms with Crippen LogP contribution in [-0.4, -0.2) is 40.0 Å². The second-order valence-corrected chi connectivity index (χ2v) is 5.33. The third-order valence-corrected chi connectivity index (χ3v) is 4.05. The number of methoxy groups -OCH3 is 4. The Balaban J connectivity index is 2.44. The van der Waals surface area contributed by atoms with Gasteiger partial charge in [-0.15, -0.1) is 0 Å². The van der Waals surface area contributed by atoms with Crippen molar-refractivity contribution in [1.82, 2.24) is 4.98 Å². The molecule has 1 aromatic heterocycles. The molecule has 0 saturated carbocycles. The summed E-state index contributed by atoms with van der Waals surface area (Å²) >= 11 is 0. The lowest BCUT2D eigenvalue weighted by molar-refractivity contribution is 0.331. The van der Waals surface area contributed by atoms with Gasteiger partial charge < -0.3 is 23.7 Å². The molecule has 0 bridgehead atoms. The summed E-state index contributed by atoms with van der Waals surface area (Å²) in [5.74, 6) is 3.05. The van der Waals surface area contributed by atoms with Crippen LogP contribution in [0.3, 0.4) is 0 Å². The van der Waals surface area contributed by atoms with E-state index in [-0.39, 0.29) is 0 Å². The van der Waals surface area contributed by atoms with E-state index in [0.29, 0.717) is 35.5 Å². The molecule has 0 radical (unpaired) electrons. The molecule has 0 spiro atoms. The van der Waals surface area contributed by atoms with Crippen molar-refractivity contribution in [2.24, 2.45) is 0 Å². The zero-order valence-electron chi connectivity index (χ0n) is 15.0. The Morgan fingerprint density at radius 3 is 1.68 bits per heavy atom. The Labute approximate surface area is 146 Å². The highest BCUT2D eigenvalue weighted by atomic mass is 16.5. The van der Waals surface area contributed by atoms with E-state index in [1.165, 1.54) is 0 Å².